The number of aliphatic imine (C=N–C) groups is 3. The highest BCUT2D eigenvalue weighted by Crippen LogP contribution is 2.26. The maximum absolute atomic E-state index is 12.3. The Morgan fingerprint density at radius 2 is 1.57 bits per heavy atom. The van der Waals surface area contributed by atoms with Crippen LogP contribution >= 0.6 is 11.8 Å². The molecule has 4 aromatic rings. The van der Waals surface area contributed by atoms with Crippen LogP contribution in [0, 0.1) is 13.8 Å². The van der Waals surface area contributed by atoms with Gasteiger partial charge in [0.15, 0.2) is 5.17 Å². The molecule has 0 aromatic heterocycles. The third kappa shape index (κ3) is 11.1. The number of nitrogens with zero attached hydrogens (tertiary/aromatic N) is 4. The van der Waals surface area contributed by atoms with Gasteiger partial charge in [-0.25, -0.2) is 28.5 Å². The molecule has 0 unspecified atom stereocenters. The zero-order valence-electron chi connectivity index (χ0n) is 25.1. The van der Waals surface area contributed by atoms with Crippen molar-refractivity contribution in [2.24, 2.45) is 31.0 Å². The SMILES string of the molecule is Cc1cccc(C)c1N=C(N/N=C/c1ccc(C(N)=NC=Nc2ccc(OC(F)(F)F)cc2)cc1)SCc1ccc(S(N)(=O)=O)cc1. The van der Waals surface area contributed by atoms with Gasteiger partial charge in [-0.1, -0.05) is 66.4 Å². The van der Waals surface area contributed by atoms with Crippen molar-refractivity contribution in [3.05, 3.63) is 119 Å². The Morgan fingerprint density at radius 1 is 0.936 bits per heavy atom. The number of alkyl halides is 3. The van der Waals surface area contributed by atoms with E-state index in [4.69, 9.17) is 15.9 Å². The van der Waals surface area contributed by atoms with Crippen LogP contribution < -0.4 is 21.0 Å². The number of sulfonamides is 1. The number of aryl methyl sites for hydroxylation is 2. The molecule has 0 atom stereocenters. The van der Waals surface area contributed by atoms with Gasteiger partial charge in [-0.15, -0.1) is 13.2 Å². The molecular weight excluding hydrogens is 652 g/mol. The van der Waals surface area contributed by atoms with E-state index in [-0.39, 0.29) is 16.5 Å². The first kappa shape index (κ1) is 34.9. The Balaban J connectivity index is 1.41. The van der Waals surface area contributed by atoms with Gasteiger partial charge in [0.25, 0.3) is 0 Å². The zero-order chi connectivity index (χ0) is 34.0. The van der Waals surface area contributed by atoms with Crippen LogP contribution in [-0.4, -0.2) is 38.3 Å². The maximum Gasteiger partial charge on any atom is 0.573 e. The van der Waals surface area contributed by atoms with Crippen LogP contribution in [0.3, 0.4) is 0 Å². The summed E-state index contributed by atoms with van der Waals surface area (Å²) in [4.78, 5) is 13.0. The van der Waals surface area contributed by atoms with Crippen molar-refractivity contribution in [1.82, 2.24) is 5.43 Å². The van der Waals surface area contributed by atoms with Crippen molar-refractivity contribution >= 4 is 56.7 Å². The summed E-state index contributed by atoms with van der Waals surface area (Å²) in [5, 5.41) is 10.1. The minimum Gasteiger partial charge on any atom is -0.406 e. The Hall–Kier alpha value is -4.99. The third-order valence-electron chi connectivity index (χ3n) is 6.33. The van der Waals surface area contributed by atoms with Crippen molar-refractivity contribution in [3.8, 4) is 5.75 Å². The smallest absolute Gasteiger partial charge is 0.406 e. The van der Waals surface area contributed by atoms with E-state index in [0.717, 1.165) is 40.1 Å². The number of ether oxygens (including phenoxy) is 1. The normalized spacial score (nSPS) is 13.0. The summed E-state index contributed by atoms with van der Waals surface area (Å²) in [5.74, 6) is 0.326. The molecular formula is C32H30F3N7O3S2. The largest absolute Gasteiger partial charge is 0.573 e. The number of primary sulfonamides is 1. The fourth-order valence-corrected chi connectivity index (χ4v) is 5.25. The summed E-state index contributed by atoms with van der Waals surface area (Å²) >= 11 is 1.40. The lowest BCUT2D eigenvalue weighted by molar-refractivity contribution is -0.274. The summed E-state index contributed by atoms with van der Waals surface area (Å²) in [7, 11) is -3.78. The molecule has 0 aliphatic carbocycles. The Kier molecular flexibility index (Phi) is 11.5. The molecule has 0 bridgehead atoms. The average molecular weight is 682 g/mol. The summed E-state index contributed by atoms with van der Waals surface area (Å²) < 4.78 is 63.9. The first-order valence-electron chi connectivity index (χ1n) is 13.8. The van der Waals surface area contributed by atoms with Gasteiger partial charge in [-0.3, -0.25) is 5.43 Å². The lowest BCUT2D eigenvalue weighted by atomic mass is 10.1. The number of hydrogen-bond donors (Lipinski definition) is 3. The van der Waals surface area contributed by atoms with Crippen molar-refractivity contribution in [3.63, 3.8) is 0 Å². The molecule has 5 N–H and O–H groups in total. The van der Waals surface area contributed by atoms with Crippen LogP contribution in [0.2, 0.25) is 0 Å². The fraction of sp³-hybridized carbons (Fsp3) is 0.125. The minimum atomic E-state index is -4.77. The molecule has 0 heterocycles. The number of para-hydroxylation sites is 1. The zero-order valence-corrected chi connectivity index (χ0v) is 26.8. The lowest BCUT2D eigenvalue weighted by Gasteiger charge is -2.09. The number of thioether (sulfide) groups is 1. The number of nitrogens with two attached hydrogens (primary N) is 2. The molecule has 47 heavy (non-hydrogen) atoms. The highest BCUT2D eigenvalue weighted by Gasteiger charge is 2.30. The van der Waals surface area contributed by atoms with Gasteiger partial charge in [0.2, 0.25) is 10.0 Å². The van der Waals surface area contributed by atoms with Crippen LogP contribution in [-0.2, 0) is 15.8 Å². The highest BCUT2D eigenvalue weighted by molar-refractivity contribution is 8.13. The molecule has 0 spiro atoms. The molecule has 0 fully saturated rings. The van der Waals surface area contributed by atoms with Gasteiger partial charge in [0, 0.05) is 11.3 Å². The second kappa shape index (κ2) is 15.5. The van der Waals surface area contributed by atoms with Crippen LogP contribution in [0.5, 0.6) is 5.75 Å². The Morgan fingerprint density at radius 3 is 2.17 bits per heavy atom. The van der Waals surface area contributed by atoms with Gasteiger partial charge < -0.3 is 10.5 Å². The van der Waals surface area contributed by atoms with E-state index < -0.39 is 16.4 Å². The highest BCUT2D eigenvalue weighted by atomic mass is 32.2. The van der Waals surface area contributed by atoms with E-state index in [1.54, 1.807) is 42.6 Å². The number of rotatable bonds is 10. The van der Waals surface area contributed by atoms with Crippen LogP contribution in [0.25, 0.3) is 0 Å². The number of hydrazone groups is 1. The van der Waals surface area contributed by atoms with Gasteiger partial charge in [0.1, 0.15) is 17.9 Å². The lowest BCUT2D eigenvalue weighted by Crippen LogP contribution is -2.16. The Labute approximate surface area is 274 Å². The van der Waals surface area contributed by atoms with Crippen molar-refractivity contribution in [1.29, 1.82) is 0 Å². The molecule has 0 amide bonds. The summed E-state index contributed by atoms with van der Waals surface area (Å²) in [5.41, 5.74) is 14.5. The molecule has 15 heteroatoms. The summed E-state index contributed by atoms with van der Waals surface area (Å²) in [6.45, 7) is 3.94. The van der Waals surface area contributed by atoms with Gasteiger partial charge in [-0.2, -0.15) is 5.10 Å². The number of benzene rings is 4. The van der Waals surface area contributed by atoms with E-state index in [2.05, 4.69) is 25.2 Å². The average Bonchev–Trinajstić information content (AvgIpc) is 3.01. The maximum atomic E-state index is 12.3. The first-order chi connectivity index (χ1) is 22.3. The van der Waals surface area contributed by atoms with Crippen molar-refractivity contribution < 1.29 is 26.3 Å². The molecule has 10 nitrogen and oxygen atoms in total. The predicted molar refractivity (Wildman–Crippen MR) is 181 cm³/mol. The van der Waals surface area contributed by atoms with E-state index >= 15 is 0 Å². The topological polar surface area (TPSA) is 157 Å². The van der Waals surface area contributed by atoms with E-state index in [1.165, 1.54) is 42.4 Å². The molecule has 244 valence electrons. The molecule has 4 aromatic carbocycles. The van der Waals surface area contributed by atoms with Crippen LogP contribution in [0.1, 0.15) is 27.8 Å². The number of hydrogen-bond acceptors (Lipinski definition) is 7. The summed E-state index contributed by atoms with van der Waals surface area (Å²) in [6, 6.07) is 24.3. The van der Waals surface area contributed by atoms with E-state index in [9.17, 15) is 21.6 Å². The standard InChI is InChI=1S/C32H30F3N7O3S2/c1-21-4-3-5-22(2)29(21)41-31(46-19-24-8-16-28(17-9-24)47(37,43)44)42-40-18-23-6-10-25(11-7-23)30(36)39-20-38-26-12-14-27(15-13-26)45-32(33,34)35/h3-18,20H,19H2,1-2H3,(H,41,42)(H2,36,38,39)(H2,37,43,44)/b40-18+. The quantitative estimate of drug-likeness (QED) is 0.0991. The second-order valence-electron chi connectivity index (χ2n) is 9.93. The van der Waals surface area contributed by atoms with E-state index in [1.807, 2.05) is 32.0 Å². The van der Waals surface area contributed by atoms with E-state index in [0.29, 0.717) is 22.2 Å². The molecule has 0 aliphatic heterocycles. The minimum absolute atomic E-state index is 0.0395. The Bertz CT molecular complexity index is 1890. The third-order valence-corrected chi connectivity index (χ3v) is 8.20. The monoisotopic (exact) mass is 681 g/mol. The fourth-order valence-electron chi connectivity index (χ4n) is 3.97. The second-order valence-corrected chi connectivity index (χ2v) is 12.5. The van der Waals surface area contributed by atoms with Gasteiger partial charge in [0.05, 0.1) is 22.5 Å². The van der Waals surface area contributed by atoms with Crippen LogP contribution in [0.15, 0.2) is 116 Å². The van der Waals surface area contributed by atoms with Crippen LogP contribution in [0.4, 0.5) is 24.5 Å². The number of amidine groups is 2. The number of nitrogens with one attached hydrogen (secondary N) is 1. The van der Waals surface area contributed by atoms with Crippen molar-refractivity contribution in [2.45, 2.75) is 30.9 Å². The summed E-state index contributed by atoms with van der Waals surface area (Å²) in [6.07, 6.45) is -1.95. The van der Waals surface area contributed by atoms with Gasteiger partial charge in [-0.05, 0) is 72.5 Å². The predicted octanol–water partition coefficient (Wildman–Crippen LogP) is 6.46. The van der Waals surface area contributed by atoms with Gasteiger partial charge >= 0.3 is 6.36 Å². The molecule has 4 rings (SSSR count). The number of halogens is 3. The molecule has 0 saturated heterocycles. The molecule has 0 radical (unpaired) electrons. The first-order valence-corrected chi connectivity index (χ1v) is 16.3. The molecule has 0 saturated carbocycles. The molecule has 0 aliphatic rings. The van der Waals surface area contributed by atoms with Crippen molar-refractivity contribution in [2.75, 3.05) is 0 Å².